The maximum absolute atomic E-state index is 13.1. The van der Waals surface area contributed by atoms with Gasteiger partial charge in [-0.2, -0.15) is 0 Å². The van der Waals surface area contributed by atoms with E-state index in [-0.39, 0.29) is 38.9 Å². The van der Waals surface area contributed by atoms with Crippen LogP contribution < -0.4 is 19.6 Å². The molecule has 0 spiro atoms. The molecule has 4 rings (SSSR count). The van der Waals surface area contributed by atoms with Crippen molar-refractivity contribution in [3.63, 3.8) is 0 Å². The third-order valence-corrected chi connectivity index (χ3v) is 9.59. The Hall–Kier alpha value is -2.80. The van der Waals surface area contributed by atoms with Crippen molar-refractivity contribution in [1.82, 2.24) is 14.7 Å². The molecule has 0 aliphatic carbocycles. The molecule has 0 aromatic heterocycles. The van der Waals surface area contributed by atoms with Crippen LogP contribution in [-0.2, 0) is 47.6 Å². The van der Waals surface area contributed by atoms with Crippen molar-refractivity contribution >= 4 is 59.8 Å². The number of carbonyl (C=O) groups excluding carboxylic acids is 2. The van der Waals surface area contributed by atoms with Gasteiger partial charge in [-0.3, -0.25) is 9.59 Å². The summed E-state index contributed by atoms with van der Waals surface area (Å²) in [4.78, 5) is 40.8. The molecular formula is C37H51AuN7O2S2-2. The zero-order valence-corrected chi connectivity index (χ0v) is 33.4. The Morgan fingerprint density at radius 2 is 0.980 bits per heavy atom. The van der Waals surface area contributed by atoms with Crippen LogP contribution in [0.4, 0.5) is 22.7 Å². The Labute approximate surface area is 320 Å². The first-order chi connectivity index (χ1) is 22.9. The maximum atomic E-state index is 13.1. The smallest absolute Gasteiger partial charge is 0.253 e. The van der Waals surface area contributed by atoms with E-state index in [1.54, 1.807) is 9.80 Å². The first-order valence-corrected chi connectivity index (χ1v) is 17.6. The maximum Gasteiger partial charge on any atom is 0.253 e. The molecule has 0 atom stereocenters. The van der Waals surface area contributed by atoms with Crippen molar-refractivity contribution < 1.29 is 32.0 Å². The second-order valence-electron chi connectivity index (χ2n) is 12.9. The van der Waals surface area contributed by atoms with E-state index in [4.69, 9.17) is 25.3 Å². The fourth-order valence-electron chi connectivity index (χ4n) is 5.88. The Morgan fingerprint density at radius 3 is 1.35 bits per heavy atom. The predicted molar refractivity (Wildman–Crippen MR) is 206 cm³/mol. The summed E-state index contributed by atoms with van der Waals surface area (Å²) in [5.41, 5.74) is 5.84. The van der Waals surface area contributed by atoms with Crippen LogP contribution in [0.1, 0.15) is 33.6 Å². The fourth-order valence-corrected chi connectivity index (χ4v) is 6.30. The molecule has 271 valence electrons. The summed E-state index contributed by atoms with van der Waals surface area (Å²) in [6.45, 7) is 6.43. The largest absolute Gasteiger partial charge is 0.800 e. The van der Waals surface area contributed by atoms with Crippen LogP contribution in [0.5, 0.6) is 0 Å². The second kappa shape index (κ2) is 19.6. The predicted octanol–water partition coefficient (Wildman–Crippen LogP) is 4.45. The Morgan fingerprint density at radius 1 is 0.592 bits per heavy atom. The number of benzene rings is 3. The number of carbonyl (C=O) groups is 2. The van der Waals surface area contributed by atoms with Crippen molar-refractivity contribution in [1.29, 1.82) is 0 Å². The average molecular weight is 887 g/mol. The normalized spacial score (nSPS) is 13.1. The van der Waals surface area contributed by atoms with E-state index in [1.165, 1.54) is 5.69 Å². The van der Waals surface area contributed by atoms with E-state index < -0.39 is 0 Å². The third-order valence-electron chi connectivity index (χ3n) is 8.99. The summed E-state index contributed by atoms with van der Waals surface area (Å²) in [5.74, 6) is 0.0434. The zero-order valence-electron chi connectivity index (χ0n) is 29.6. The van der Waals surface area contributed by atoms with Gasteiger partial charge in [-0.1, -0.05) is 0 Å². The van der Waals surface area contributed by atoms with Gasteiger partial charge in [-0.15, -0.1) is 0 Å². The number of hydrogen-bond donors (Lipinski definition) is 0. The molecule has 1 aliphatic heterocycles. The van der Waals surface area contributed by atoms with Crippen LogP contribution in [0.2, 0.25) is 0 Å². The van der Waals surface area contributed by atoms with Crippen LogP contribution in [0.25, 0.3) is 0 Å². The fraction of sp³-hybridized carbons (Fsp3) is 0.459. The van der Waals surface area contributed by atoms with Gasteiger partial charge in [0.25, 0.3) is 11.8 Å². The number of anilines is 4. The minimum Gasteiger partial charge on any atom is -0.800 e. The van der Waals surface area contributed by atoms with E-state index in [2.05, 4.69) is 39.0 Å². The SMILES string of the molecule is CN(CCCN(CCCN(C)C(=O)c1ccc(N(C)C)cc1)c1ccc(N2CCN(C([S-])[S-])CC2)cc1)C(=O)c1ccc(N(C)C)cc1.[Au]. The minimum absolute atomic E-state index is 0. The van der Waals surface area contributed by atoms with Crippen LogP contribution in [0, 0.1) is 0 Å². The number of rotatable bonds is 15. The molecule has 9 nitrogen and oxygen atoms in total. The van der Waals surface area contributed by atoms with Crippen molar-refractivity contribution in [2.24, 2.45) is 0 Å². The van der Waals surface area contributed by atoms with Gasteiger partial charge in [0, 0.05) is 151 Å². The van der Waals surface area contributed by atoms with E-state index in [0.717, 1.165) is 69.2 Å². The van der Waals surface area contributed by atoms with Crippen LogP contribution >= 0.6 is 0 Å². The van der Waals surface area contributed by atoms with E-state index in [9.17, 15) is 9.59 Å². The Bertz CT molecular complexity index is 1370. The van der Waals surface area contributed by atoms with Crippen LogP contribution in [0.15, 0.2) is 72.8 Å². The molecule has 1 saturated heterocycles. The number of nitrogens with zero attached hydrogens (tertiary/aromatic N) is 7. The first-order valence-electron chi connectivity index (χ1n) is 16.7. The number of piperazine rings is 1. The van der Waals surface area contributed by atoms with Gasteiger partial charge in [-0.05, 0) is 85.6 Å². The molecule has 1 heterocycles. The van der Waals surface area contributed by atoms with Gasteiger partial charge in [0.05, 0.1) is 0 Å². The molecule has 0 unspecified atom stereocenters. The monoisotopic (exact) mass is 886 g/mol. The van der Waals surface area contributed by atoms with Crippen molar-refractivity contribution in [3.05, 3.63) is 83.9 Å². The van der Waals surface area contributed by atoms with Crippen LogP contribution in [-0.4, -0.2) is 126 Å². The van der Waals surface area contributed by atoms with E-state index >= 15 is 0 Å². The molecule has 3 aromatic rings. The third kappa shape index (κ3) is 11.6. The molecule has 3 aromatic carbocycles. The summed E-state index contributed by atoms with van der Waals surface area (Å²) in [6.07, 6.45) is 1.64. The van der Waals surface area contributed by atoms with Crippen molar-refractivity contribution in [3.8, 4) is 0 Å². The zero-order chi connectivity index (χ0) is 34.8. The molecule has 2 amide bonds. The van der Waals surface area contributed by atoms with Gasteiger partial charge in [0.15, 0.2) is 0 Å². The van der Waals surface area contributed by atoms with Crippen molar-refractivity contribution in [2.45, 2.75) is 17.5 Å². The van der Waals surface area contributed by atoms with Gasteiger partial charge >= 0.3 is 0 Å². The molecule has 0 bridgehead atoms. The van der Waals surface area contributed by atoms with Gasteiger partial charge < -0.3 is 59.6 Å². The van der Waals surface area contributed by atoms with Crippen LogP contribution in [0.3, 0.4) is 0 Å². The summed E-state index contributed by atoms with van der Waals surface area (Å²) < 4.78 is -0.251. The summed E-state index contributed by atoms with van der Waals surface area (Å²) in [7, 11) is 11.7. The Kier molecular flexibility index (Phi) is 16.2. The summed E-state index contributed by atoms with van der Waals surface area (Å²) in [5, 5.41) is 0. The molecule has 12 heteroatoms. The quantitative estimate of drug-likeness (QED) is 0.163. The molecule has 0 saturated carbocycles. The van der Waals surface area contributed by atoms with Gasteiger partial charge in [0.2, 0.25) is 0 Å². The molecule has 1 radical (unpaired) electrons. The van der Waals surface area contributed by atoms with E-state index in [1.807, 2.05) is 101 Å². The Balaban J connectivity index is 0.00000650. The standard InChI is InChI=1S/C37H53N7O2S2.Au/c1-38(2)31-13-9-29(10-14-31)35(45)40(5)21-7-23-42(24-8-22-41(6)36(46)30-11-15-32(16-12-30)39(3)4)33-17-19-34(20-18-33)43-25-27-44(28-26-43)37(47)48;/h9-20,37,47-48H,7-8,21-28H2,1-6H3;/p-2. The molecule has 1 fully saturated rings. The van der Waals surface area contributed by atoms with Crippen molar-refractivity contribution in [2.75, 3.05) is 114 Å². The number of hydrogen-bond acceptors (Lipinski definition) is 9. The minimum atomic E-state index is -0.251. The molecular weight excluding hydrogens is 836 g/mol. The average Bonchev–Trinajstić information content (AvgIpc) is 3.10. The van der Waals surface area contributed by atoms with Gasteiger partial charge in [0.1, 0.15) is 0 Å². The number of amides is 2. The van der Waals surface area contributed by atoms with E-state index in [0.29, 0.717) is 24.2 Å². The first kappa shape index (κ1) is 40.6. The molecule has 0 N–H and O–H groups in total. The second-order valence-corrected chi connectivity index (χ2v) is 14.1. The molecule has 49 heavy (non-hydrogen) atoms. The summed E-state index contributed by atoms with van der Waals surface area (Å²) >= 11 is 10.6. The van der Waals surface area contributed by atoms with Gasteiger partial charge in [-0.25, -0.2) is 4.71 Å². The summed E-state index contributed by atoms with van der Waals surface area (Å²) in [6, 6.07) is 24.2. The molecule has 1 aliphatic rings. The topological polar surface area (TPSA) is 56.8 Å².